The van der Waals surface area contributed by atoms with Gasteiger partial charge < -0.3 is 10.0 Å². The van der Waals surface area contributed by atoms with Gasteiger partial charge in [0.05, 0.1) is 6.10 Å². The van der Waals surface area contributed by atoms with Gasteiger partial charge in [-0.05, 0) is 19.4 Å². The second kappa shape index (κ2) is 4.42. The summed E-state index contributed by atoms with van der Waals surface area (Å²) in [7, 11) is 0. The number of nitrogens with one attached hydrogen (secondary N) is 1. The molecular weight excluding hydrogens is 232 g/mol. The van der Waals surface area contributed by atoms with E-state index in [4.69, 9.17) is 0 Å². The lowest BCUT2D eigenvalue weighted by molar-refractivity contribution is -0.126. The number of carbonyl (C=O) groups is 2. The maximum Gasteiger partial charge on any atom is 0.325 e. The Bertz CT molecular complexity index is 472. The molecule has 96 valence electrons. The summed E-state index contributed by atoms with van der Waals surface area (Å²) < 4.78 is 0. The number of nitrogens with zero attached hydrogens (tertiary/aromatic N) is 1. The number of β-amino-alcohol motifs (C(OH)–C–C–N with tert-alkyl or cyclic N) is 1. The molecule has 0 radical (unpaired) electrons. The molecule has 2 unspecified atom stereocenters. The molecule has 0 saturated carbocycles. The van der Waals surface area contributed by atoms with Gasteiger partial charge in [0.1, 0.15) is 5.54 Å². The molecule has 1 heterocycles. The lowest BCUT2D eigenvalue weighted by atomic mass is 9.90. The molecule has 1 fully saturated rings. The van der Waals surface area contributed by atoms with Crippen LogP contribution in [-0.2, 0) is 10.3 Å². The molecule has 0 aromatic heterocycles. The van der Waals surface area contributed by atoms with Crippen LogP contribution < -0.4 is 5.32 Å². The highest BCUT2D eigenvalue weighted by Crippen LogP contribution is 2.32. The smallest absolute Gasteiger partial charge is 0.325 e. The quantitative estimate of drug-likeness (QED) is 0.779. The topological polar surface area (TPSA) is 69.6 Å². The van der Waals surface area contributed by atoms with E-state index in [0.717, 1.165) is 5.56 Å². The third-order valence-corrected chi connectivity index (χ3v) is 3.23. The van der Waals surface area contributed by atoms with E-state index in [-0.39, 0.29) is 12.5 Å². The number of aliphatic hydroxyl groups is 1. The van der Waals surface area contributed by atoms with Gasteiger partial charge in [0.15, 0.2) is 0 Å². The highest BCUT2D eigenvalue weighted by atomic mass is 16.3. The number of imide groups is 1. The van der Waals surface area contributed by atoms with Gasteiger partial charge in [-0.3, -0.25) is 10.1 Å². The molecule has 2 N–H and O–H groups in total. The van der Waals surface area contributed by atoms with Gasteiger partial charge in [-0.2, -0.15) is 0 Å². The average molecular weight is 248 g/mol. The largest absolute Gasteiger partial charge is 0.392 e. The Morgan fingerprint density at radius 3 is 2.50 bits per heavy atom. The maximum atomic E-state index is 12.0. The van der Waals surface area contributed by atoms with Crippen molar-refractivity contribution in [2.24, 2.45) is 0 Å². The number of carbonyl (C=O) groups excluding carboxylic acids is 2. The highest BCUT2D eigenvalue weighted by molar-refractivity contribution is 6.07. The first-order chi connectivity index (χ1) is 8.46. The predicted octanol–water partition coefficient (Wildman–Crippen LogP) is 0.834. The Morgan fingerprint density at radius 2 is 1.94 bits per heavy atom. The van der Waals surface area contributed by atoms with Crippen molar-refractivity contribution in [1.82, 2.24) is 10.2 Å². The summed E-state index contributed by atoms with van der Waals surface area (Å²) >= 11 is 0. The third kappa shape index (κ3) is 1.86. The number of rotatable bonds is 3. The summed E-state index contributed by atoms with van der Waals surface area (Å²) in [4.78, 5) is 25.2. The minimum Gasteiger partial charge on any atom is -0.392 e. The molecule has 2 rings (SSSR count). The Kier molecular flexibility index (Phi) is 3.09. The van der Waals surface area contributed by atoms with Gasteiger partial charge >= 0.3 is 6.03 Å². The van der Waals surface area contributed by atoms with Crippen LogP contribution in [0, 0.1) is 0 Å². The van der Waals surface area contributed by atoms with Gasteiger partial charge in [-0.25, -0.2) is 4.79 Å². The van der Waals surface area contributed by atoms with Crippen molar-refractivity contribution in [3.63, 3.8) is 0 Å². The van der Waals surface area contributed by atoms with Crippen molar-refractivity contribution in [2.75, 3.05) is 6.54 Å². The van der Waals surface area contributed by atoms with E-state index in [1.165, 1.54) is 4.90 Å². The van der Waals surface area contributed by atoms with Crippen molar-refractivity contribution in [2.45, 2.75) is 25.5 Å². The summed E-state index contributed by atoms with van der Waals surface area (Å²) in [6.45, 7) is 3.38. The Balaban J connectivity index is 2.44. The van der Waals surface area contributed by atoms with Crippen molar-refractivity contribution >= 4 is 11.9 Å². The summed E-state index contributed by atoms with van der Waals surface area (Å²) in [6.07, 6.45) is -0.690. The van der Waals surface area contributed by atoms with E-state index < -0.39 is 17.7 Å². The normalized spacial score (nSPS) is 25.2. The van der Waals surface area contributed by atoms with E-state index in [1.54, 1.807) is 26.0 Å². The van der Waals surface area contributed by atoms with Gasteiger partial charge in [0, 0.05) is 6.54 Å². The zero-order valence-electron chi connectivity index (χ0n) is 10.4. The fraction of sp³-hybridized carbons (Fsp3) is 0.385. The zero-order valence-corrected chi connectivity index (χ0v) is 10.4. The number of amides is 3. The molecule has 0 bridgehead atoms. The average Bonchev–Trinajstić information content (AvgIpc) is 2.55. The summed E-state index contributed by atoms with van der Waals surface area (Å²) in [5.41, 5.74) is -0.330. The molecule has 0 spiro atoms. The molecule has 1 aromatic carbocycles. The van der Waals surface area contributed by atoms with Crippen LogP contribution in [0.4, 0.5) is 4.79 Å². The Hall–Kier alpha value is -1.88. The molecule has 18 heavy (non-hydrogen) atoms. The minimum absolute atomic E-state index is 0.114. The van der Waals surface area contributed by atoms with Gasteiger partial charge in [-0.1, -0.05) is 30.3 Å². The van der Waals surface area contributed by atoms with E-state index in [9.17, 15) is 14.7 Å². The fourth-order valence-corrected chi connectivity index (χ4v) is 2.19. The van der Waals surface area contributed by atoms with E-state index >= 15 is 0 Å². The van der Waals surface area contributed by atoms with E-state index in [0.29, 0.717) is 0 Å². The van der Waals surface area contributed by atoms with E-state index in [2.05, 4.69) is 5.32 Å². The third-order valence-electron chi connectivity index (χ3n) is 3.23. The van der Waals surface area contributed by atoms with E-state index in [1.807, 2.05) is 18.2 Å². The molecule has 1 aliphatic rings. The van der Waals surface area contributed by atoms with Crippen LogP contribution in [0.25, 0.3) is 0 Å². The van der Waals surface area contributed by atoms with Crippen LogP contribution in [0.15, 0.2) is 30.3 Å². The van der Waals surface area contributed by atoms with Crippen LogP contribution in [0.1, 0.15) is 19.4 Å². The second-order valence-electron chi connectivity index (χ2n) is 4.66. The van der Waals surface area contributed by atoms with Crippen LogP contribution in [-0.4, -0.2) is 34.6 Å². The molecule has 2 atom stereocenters. The molecule has 3 amide bonds. The standard InChI is InChI=1S/C13H16N2O3/c1-9(16)8-15-12(18)14-11(17)13(15,2)10-6-4-3-5-7-10/h3-7,9,16H,8H2,1-2H3,(H,14,17,18). The van der Waals surface area contributed by atoms with Crippen LogP contribution in [0.5, 0.6) is 0 Å². The van der Waals surface area contributed by atoms with Crippen molar-refractivity contribution in [1.29, 1.82) is 0 Å². The molecule has 1 aliphatic heterocycles. The highest BCUT2D eigenvalue weighted by Gasteiger charge is 2.50. The van der Waals surface area contributed by atoms with Gasteiger partial charge in [-0.15, -0.1) is 0 Å². The molecule has 5 heteroatoms. The molecule has 1 aromatic rings. The molecule has 1 saturated heterocycles. The number of hydrogen-bond donors (Lipinski definition) is 2. The first kappa shape index (κ1) is 12.6. The van der Waals surface area contributed by atoms with Crippen LogP contribution >= 0.6 is 0 Å². The molecule has 5 nitrogen and oxygen atoms in total. The van der Waals surface area contributed by atoms with Crippen molar-refractivity contribution < 1.29 is 14.7 Å². The zero-order chi connectivity index (χ0) is 13.3. The Labute approximate surface area is 105 Å². The Morgan fingerprint density at radius 1 is 1.33 bits per heavy atom. The number of hydrogen-bond acceptors (Lipinski definition) is 3. The maximum absolute atomic E-state index is 12.0. The predicted molar refractivity (Wildman–Crippen MR) is 65.7 cm³/mol. The minimum atomic E-state index is -1.06. The number of aliphatic hydroxyl groups excluding tert-OH is 1. The summed E-state index contributed by atoms with van der Waals surface area (Å²) in [5.74, 6) is -0.362. The number of urea groups is 1. The van der Waals surface area contributed by atoms with Gasteiger partial charge in [0.2, 0.25) is 0 Å². The van der Waals surface area contributed by atoms with Crippen LogP contribution in [0.2, 0.25) is 0 Å². The lowest BCUT2D eigenvalue weighted by Crippen LogP contribution is -2.47. The monoisotopic (exact) mass is 248 g/mol. The van der Waals surface area contributed by atoms with Crippen molar-refractivity contribution in [3.8, 4) is 0 Å². The second-order valence-corrected chi connectivity index (χ2v) is 4.66. The summed E-state index contributed by atoms with van der Waals surface area (Å²) in [5, 5.41) is 11.8. The SMILES string of the molecule is CC(O)CN1C(=O)NC(=O)C1(C)c1ccccc1. The fourth-order valence-electron chi connectivity index (χ4n) is 2.19. The van der Waals surface area contributed by atoms with Gasteiger partial charge in [0.25, 0.3) is 5.91 Å². The lowest BCUT2D eigenvalue weighted by Gasteiger charge is -2.33. The number of benzene rings is 1. The first-order valence-electron chi connectivity index (χ1n) is 5.83. The first-order valence-corrected chi connectivity index (χ1v) is 5.83. The summed E-state index contributed by atoms with van der Waals surface area (Å²) in [6, 6.07) is 8.61. The molecule has 0 aliphatic carbocycles. The molecular formula is C13H16N2O3. The van der Waals surface area contributed by atoms with Crippen LogP contribution in [0.3, 0.4) is 0 Å². The van der Waals surface area contributed by atoms with Crippen molar-refractivity contribution in [3.05, 3.63) is 35.9 Å².